The van der Waals surface area contributed by atoms with E-state index in [1.807, 2.05) is 42.2 Å². The van der Waals surface area contributed by atoms with Crippen LogP contribution in [0.5, 0.6) is 0 Å². The first-order chi connectivity index (χ1) is 10.8. The average molecular weight is 340 g/mol. The summed E-state index contributed by atoms with van der Waals surface area (Å²) < 4.78 is 24.9. The Hall–Kier alpha value is -1.44. The molecule has 0 amide bonds. The quantitative estimate of drug-likeness (QED) is 0.837. The van der Waals surface area contributed by atoms with Crippen LogP contribution in [0.3, 0.4) is 0 Å². The molecule has 0 aromatic heterocycles. The second-order valence-corrected chi connectivity index (χ2v) is 8.03. The molecule has 1 fully saturated rings. The number of carbonyl (C=O) groups is 1. The largest absolute Gasteiger partial charge is 0.480 e. The lowest BCUT2D eigenvalue weighted by atomic mass is 10.0. The summed E-state index contributed by atoms with van der Waals surface area (Å²) in [4.78, 5) is 13.5. The summed E-state index contributed by atoms with van der Waals surface area (Å²) in [5.41, 5.74) is 1.11. The van der Waals surface area contributed by atoms with Crippen LogP contribution >= 0.6 is 0 Å². The Kier molecular flexibility index (Phi) is 5.78. The zero-order valence-corrected chi connectivity index (χ0v) is 14.4. The van der Waals surface area contributed by atoms with Gasteiger partial charge in [-0.25, -0.2) is 8.42 Å². The van der Waals surface area contributed by atoms with Crippen molar-refractivity contribution in [3.63, 3.8) is 0 Å². The fraction of sp³-hybridized carbons (Fsp3) is 0.562. The van der Waals surface area contributed by atoms with Gasteiger partial charge in [0, 0.05) is 25.7 Å². The van der Waals surface area contributed by atoms with Crippen molar-refractivity contribution in [2.75, 3.05) is 25.9 Å². The molecule has 0 bridgehead atoms. The fourth-order valence-electron chi connectivity index (χ4n) is 3.16. The SMILES string of the molecule is C[C@@H]1CN(C(CCc2ccccc2)C(=O)O)CCN1S(C)(=O)=O. The molecule has 1 saturated heterocycles. The van der Waals surface area contributed by atoms with E-state index in [0.717, 1.165) is 5.56 Å². The Morgan fingerprint density at radius 1 is 1.30 bits per heavy atom. The van der Waals surface area contributed by atoms with Crippen molar-refractivity contribution >= 4 is 16.0 Å². The Labute approximate surface area is 137 Å². The van der Waals surface area contributed by atoms with E-state index in [4.69, 9.17) is 0 Å². The predicted octanol–water partition coefficient (Wildman–Crippen LogP) is 1.04. The molecule has 0 spiro atoms. The molecular formula is C16H24N2O4S. The molecule has 0 saturated carbocycles. The van der Waals surface area contributed by atoms with Crippen LogP contribution in [0, 0.1) is 0 Å². The minimum Gasteiger partial charge on any atom is -0.480 e. The molecule has 0 aliphatic carbocycles. The average Bonchev–Trinajstić information content (AvgIpc) is 2.47. The number of piperazine rings is 1. The van der Waals surface area contributed by atoms with Gasteiger partial charge in [0.2, 0.25) is 10.0 Å². The lowest BCUT2D eigenvalue weighted by Crippen LogP contribution is -2.57. The van der Waals surface area contributed by atoms with Crippen LogP contribution < -0.4 is 0 Å². The zero-order valence-electron chi connectivity index (χ0n) is 13.6. The van der Waals surface area contributed by atoms with E-state index in [0.29, 0.717) is 32.5 Å². The summed E-state index contributed by atoms with van der Waals surface area (Å²) in [7, 11) is -3.24. The minimum atomic E-state index is -3.24. The first-order valence-electron chi connectivity index (χ1n) is 7.76. The number of aryl methyl sites for hydroxylation is 1. The number of aliphatic carboxylic acids is 1. The number of nitrogens with zero attached hydrogens (tertiary/aromatic N) is 2. The molecule has 128 valence electrons. The van der Waals surface area contributed by atoms with E-state index in [9.17, 15) is 18.3 Å². The van der Waals surface area contributed by atoms with Crippen LogP contribution in [0.25, 0.3) is 0 Å². The number of sulfonamides is 1. The van der Waals surface area contributed by atoms with Gasteiger partial charge >= 0.3 is 5.97 Å². The number of rotatable bonds is 6. The van der Waals surface area contributed by atoms with Crippen molar-refractivity contribution in [3.05, 3.63) is 35.9 Å². The van der Waals surface area contributed by atoms with E-state index in [2.05, 4.69) is 0 Å². The third-order valence-electron chi connectivity index (χ3n) is 4.30. The topological polar surface area (TPSA) is 77.9 Å². The molecule has 1 N–H and O–H groups in total. The summed E-state index contributed by atoms with van der Waals surface area (Å²) in [5, 5.41) is 9.54. The van der Waals surface area contributed by atoms with Crippen molar-refractivity contribution < 1.29 is 18.3 Å². The number of carboxylic acids is 1. The molecule has 23 heavy (non-hydrogen) atoms. The van der Waals surface area contributed by atoms with Crippen molar-refractivity contribution in [2.45, 2.75) is 31.8 Å². The van der Waals surface area contributed by atoms with Gasteiger partial charge in [0.15, 0.2) is 0 Å². The number of hydrogen-bond donors (Lipinski definition) is 1. The molecule has 1 aliphatic rings. The van der Waals surface area contributed by atoms with Crippen molar-refractivity contribution in [2.24, 2.45) is 0 Å². The zero-order chi connectivity index (χ0) is 17.0. The molecule has 7 heteroatoms. The third kappa shape index (κ3) is 4.76. The monoisotopic (exact) mass is 340 g/mol. The van der Waals surface area contributed by atoms with Crippen LogP contribution in [0.15, 0.2) is 30.3 Å². The maximum absolute atomic E-state index is 11.7. The molecule has 1 aliphatic heterocycles. The maximum Gasteiger partial charge on any atom is 0.320 e. The highest BCUT2D eigenvalue weighted by Crippen LogP contribution is 2.18. The van der Waals surface area contributed by atoms with E-state index in [-0.39, 0.29) is 6.04 Å². The predicted molar refractivity (Wildman–Crippen MR) is 88.8 cm³/mol. The van der Waals surface area contributed by atoms with Gasteiger partial charge in [-0.1, -0.05) is 30.3 Å². The molecular weight excluding hydrogens is 316 g/mol. The Balaban J connectivity index is 2.01. The summed E-state index contributed by atoms with van der Waals surface area (Å²) >= 11 is 0. The number of hydrogen-bond acceptors (Lipinski definition) is 4. The first kappa shape index (κ1) is 17.9. The van der Waals surface area contributed by atoms with Crippen LogP contribution in [-0.4, -0.2) is 66.7 Å². The maximum atomic E-state index is 11.7. The van der Waals surface area contributed by atoms with Crippen LogP contribution in [0.4, 0.5) is 0 Å². The molecule has 1 heterocycles. The highest BCUT2D eigenvalue weighted by molar-refractivity contribution is 7.88. The molecule has 1 aromatic carbocycles. The summed E-state index contributed by atoms with van der Waals surface area (Å²) in [6.45, 7) is 3.06. The fourth-order valence-corrected chi connectivity index (χ4v) is 4.29. The second-order valence-electron chi connectivity index (χ2n) is 6.10. The highest BCUT2D eigenvalue weighted by Gasteiger charge is 2.35. The first-order valence-corrected chi connectivity index (χ1v) is 9.61. The van der Waals surface area contributed by atoms with E-state index in [1.54, 1.807) is 0 Å². The van der Waals surface area contributed by atoms with Crippen molar-refractivity contribution in [1.82, 2.24) is 9.21 Å². The number of carboxylic acid groups (broad SMARTS) is 1. The smallest absolute Gasteiger partial charge is 0.320 e. The van der Waals surface area contributed by atoms with Crippen LogP contribution in [0.1, 0.15) is 18.9 Å². The summed E-state index contributed by atoms with van der Waals surface area (Å²) in [5.74, 6) is -0.846. The molecule has 1 aromatic rings. The van der Waals surface area contributed by atoms with Gasteiger partial charge in [0.25, 0.3) is 0 Å². The normalized spacial score (nSPS) is 21.9. The van der Waals surface area contributed by atoms with Gasteiger partial charge in [-0.2, -0.15) is 4.31 Å². The lowest BCUT2D eigenvalue weighted by Gasteiger charge is -2.40. The second kappa shape index (κ2) is 7.42. The molecule has 6 nitrogen and oxygen atoms in total. The van der Waals surface area contributed by atoms with Gasteiger partial charge < -0.3 is 5.11 Å². The van der Waals surface area contributed by atoms with Crippen LogP contribution in [0.2, 0.25) is 0 Å². The molecule has 2 atom stereocenters. The minimum absolute atomic E-state index is 0.211. The Morgan fingerprint density at radius 2 is 1.96 bits per heavy atom. The van der Waals surface area contributed by atoms with Gasteiger partial charge in [-0.15, -0.1) is 0 Å². The third-order valence-corrected chi connectivity index (χ3v) is 5.69. The number of benzene rings is 1. The lowest BCUT2D eigenvalue weighted by molar-refractivity contribution is -0.144. The summed E-state index contributed by atoms with van der Waals surface area (Å²) in [6, 6.07) is 9.00. The van der Waals surface area contributed by atoms with Crippen molar-refractivity contribution in [3.8, 4) is 0 Å². The highest BCUT2D eigenvalue weighted by atomic mass is 32.2. The molecule has 2 rings (SSSR count). The summed E-state index contributed by atoms with van der Waals surface area (Å²) in [6.07, 6.45) is 2.41. The van der Waals surface area contributed by atoms with Gasteiger partial charge in [0.05, 0.1) is 6.26 Å². The van der Waals surface area contributed by atoms with Gasteiger partial charge in [-0.05, 0) is 25.3 Å². The van der Waals surface area contributed by atoms with E-state index >= 15 is 0 Å². The Bertz CT molecular complexity index is 633. The standard InChI is InChI=1S/C16H24N2O4S/c1-13-12-17(10-11-18(13)23(2,21)22)15(16(19)20)9-8-14-6-4-3-5-7-14/h3-7,13,15H,8-12H2,1-2H3,(H,19,20)/t13-,15?/m1/s1. The van der Waals surface area contributed by atoms with E-state index in [1.165, 1.54) is 10.6 Å². The van der Waals surface area contributed by atoms with E-state index < -0.39 is 22.0 Å². The molecule has 0 radical (unpaired) electrons. The van der Waals surface area contributed by atoms with Crippen LogP contribution in [-0.2, 0) is 21.2 Å². The van der Waals surface area contributed by atoms with Gasteiger partial charge in [0.1, 0.15) is 6.04 Å². The molecule has 1 unspecified atom stereocenters. The van der Waals surface area contributed by atoms with Crippen molar-refractivity contribution in [1.29, 1.82) is 0 Å². The van der Waals surface area contributed by atoms with Gasteiger partial charge in [-0.3, -0.25) is 9.69 Å². The Morgan fingerprint density at radius 3 is 2.48 bits per heavy atom.